The predicted molar refractivity (Wildman–Crippen MR) is 77.9 cm³/mol. The van der Waals surface area contributed by atoms with Crippen LogP contribution in [0.5, 0.6) is 0 Å². The van der Waals surface area contributed by atoms with Gasteiger partial charge < -0.3 is 10.4 Å². The zero-order valence-corrected chi connectivity index (χ0v) is 11.9. The fourth-order valence-corrected chi connectivity index (χ4v) is 1.97. The number of aliphatic hydroxyl groups is 1. The Kier molecular flexibility index (Phi) is 7.19. The molecule has 0 heterocycles. The Hall–Kier alpha value is -1.35. The van der Waals surface area contributed by atoms with Gasteiger partial charge in [-0.15, -0.1) is 0 Å². The van der Waals surface area contributed by atoms with E-state index in [1.165, 1.54) is 5.56 Å². The smallest absolute Gasteiger partial charge is 0.220 e. The summed E-state index contributed by atoms with van der Waals surface area (Å²) < 4.78 is 0. The summed E-state index contributed by atoms with van der Waals surface area (Å²) in [6.07, 6.45) is 2.86. The molecule has 0 fully saturated rings. The van der Waals surface area contributed by atoms with Crippen LogP contribution in [0.3, 0.4) is 0 Å². The molecule has 1 aromatic carbocycles. The zero-order chi connectivity index (χ0) is 14.1. The summed E-state index contributed by atoms with van der Waals surface area (Å²) in [5.74, 6) is 0.466. The summed E-state index contributed by atoms with van der Waals surface area (Å²) in [5.41, 5.74) is 1.32. The highest BCUT2D eigenvalue weighted by atomic mass is 16.3. The monoisotopic (exact) mass is 263 g/mol. The quantitative estimate of drug-likeness (QED) is 0.757. The van der Waals surface area contributed by atoms with Crippen molar-refractivity contribution in [1.29, 1.82) is 0 Å². The average Bonchev–Trinajstić information content (AvgIpc) is 2.37. The van der Waals surface area contributed by atoms with Gasteiger partial charge >= 0.3 is 0 Å². The molecule has 3 heteroatoms. The van der Waals surface area contributed by atoms with Gasteiger partial charge in [-0.1, -0.05) is 37.3 Å². The van der Waals surface area contributed by atoms with Gasteiger partial charge in [-0.05, 0) is 37.7 Å². The van der Waals surface area contributed by atoms with Crippen molar-refractivity contribution in [3.8, 4) is 0 Å². The van der Waals surface area contributed by atoms with Gasteiger partial charge in [0.2, 0.25) is 5.91 Å². The molecule has 19 heavy (non-hydrogen) atoms. The molecule has 1 rings (SSSR count). The highest BCUT2D eigenvalue weighted by molar-refractivity contribution is 5.76. The number of benzene rings is 1. The van der Waals surface area contributed by atoms with Crippen LogP contribution in [-0.2, 0) is 11.2 Å². The topological polar surface area (TPSA) is 49.3 Å². The van der Waals surface area contributed by atoms with Gasteiger partial charge in [-0.2, -0.15) is 0 Å². The van der Waals surface area contributed by atoms with Gasteiger partial charge in [0.05, 0.1) is 6.10 Å². The van der Waals surface area contributed by atoms with Crippen molar-refractivity contribution in [2.75, 3.05) is 6.54 Å². The highest BCUT2D eigenvalue weighted by Gasteiger charge is 2.09. The third-order valence-electron chi connectivity index (χ3n) is 3.19. The second-order valence-electron chi connectivity index (χ2n) is 5.32. The lowest BCUT2D eigenvalue weighted by Crippen LogP contribution is -2.27. The molecule has 0 bridgehead atoms. The molecule has 2 atom stereocenters. The first-order chi connectivity index (χ1) is 9.08. The Morgan fingerprint density at radius 1 is 1.21 bits per heavy atom. The van der Waals surface area contributed by atoms with Crippen LogP contribution in [0.4, 0.5) is 0 Å². The van der Waals surface area contributed by atoms with Crippen molar-refractivity contribution in [1.82, 2.24) is 5.32 Å². The first kappa shape index (κ1) is 15.7. The average molecular weight is 263 g/mol. The molecule has 0 aliphatic heterocycles. The molecule has 1 amide bonds. The summed E-state index contributed by atoms with van der Waals surface area (Å²) in [7, 11) is 0. The summed E-state index contributed by atoms with van der Waals surface area (Å²) in [4.78, 5) is 11.7. The highest BCUT2D eigenvalue weighted by Crippen LogP contribution is 2.12. The Bertz CT molecular complexity index is 362. The molecule has 2 unspecified atom stereocenters. The number of aryl methyl sites for hydroxylation is 1. The summed E-state index contributed by atoms with van der Waals surface area (Å²) in [6, 6.07) is 10.3. The number of aliphatic hydroxyl groups excluding tert-OH is 1. The van der Waals surface area contributed by atoms with E-state index < -0.39 is 0 Å². The molecule has 106 valence electrons. The maximum Gasteiger partial charge on any atom is 0.220 e. The number of hydrogen-bond donors (Lipinski definition) is 2. The van der Waals surface area contributed by atoms with Gasteiger partial charge in [0.1, 0.15) is 0 Å². The first-order valence-electron chi connectivity index (χ1n) is 7.06. The lowest BCUT2D eigenvalue weighted by Gasteiger charge is -2.12. The van der Waals surface area contributed by atoms with Crippen LogP contribution in [0.2, 0.25) is 0 Å². The van der Waals surface area contributed by atoms with Crippen LogP contribution in [0, 0.1) is 5.92 Å². The van der Waals surface area contributed by atoms with Gasteiger partial charge in [0, 0.05) is 13.0 Å². The van der Waals surface area contributed by atoms with Gasteiger partial charge in [0.15, 0.2) is 0 Å². The van der Waals surface area contributed by atoms with E-state index in [0.29, 0.717) is 25.3 Å². The molecule has 0 aliphatic rings. The van der Waals surface area contributed by atoms with Crippen LogP contribution in [0.15, 0.2) is 30.3 Å². The molecular formula is C16H25NO2. The largest absolute Gasteiger partial charge is 0.393 e. The second kappa shape index (κ2) is 8.70. The predicted octanol–water partition coefficient (Wildman–Crippen LogP) is 2.53. The maximum absolute atomic E-state index is 11.7. The molecule has 1 aromatic rings. The summed E-state index contributed by atoms with van der Waals surface area (Å²) in [5, 5.41) is 12.0. The van der Waals surface area contributed by atoms with Crippen molar-refractivity contribution in [2.24, 2.45) is 5.92 Å². The van der Waals surface area contributed by atoms with Crippen molar-refractivity contribution in [3.63, 3.8) is 0 Å². The van der Waals surface area contributed by atoms with Crippen molar-refractivity contribution >= 4 is 5.91 Å². The third-order valence-corrected chi connectivity index (χ3v) is 3.19. The number of hydrogen-bond acceptors (Lipinski definition) is 2. The minimum Gasteiger partial charge on any atom is -0.393 e. The maximum atomic E-state index is 11.7. The minimum absolute atomic E-state index is 0.0845. The van der Waals surface area contributed by atoms with Crippen LogP contribution < -0.4 is 5.32 Å². The number of nitrogens with one attached hydrogen (secondary N) is 1. The first-order valence-corrected chi connectivity index (χ1v) is 7.06. The minimum atomic E-state index is -0.351. The van der Waals surface area contributed by atoms with E-state index in [2.05, 4.69) is 24.4 Å². The van der Waals surface area contributed by atoms with E-state index in [0.717, 1.165) is 12.8 Å². The number of rotatable bonds is 8. The molecule has 0 aliphatic carbocycles. The van der Waals surface area contributed by atoms with Crippen LogP contribution >= 0.6 is 0 Å². The molecule has 0 spiro atoms. The molecular weight excluding hydrogens is 238 g/mol. The number of carbonyl (C=O) groups excluding carboxylic acids is 1. The number of amides is 1. The van der Waals surface area contributed by atoms with E-state index in [-0.39, 0.29) is 12.0 Å². The molecule has 0 saturated heterocycles. The fraction of sp³-hybridized carbons (Fsp3) is 0.562. The van der Waals surface area contributed by atoms with Gasteiger partial charge in [0.25, 0.3) is 0 Å². The van der Waals surface area contributed by atoms with Crippen LogP contribution in [-0.4, -0.2) is 23.7 Å². The van der Waals surface area contributed by atoms with Crippen molar-refractivity contribution < 1.29 is 9.90 Å². The fourth-order valence-electron chi connectivity index (χ4n) is 1.97. The standard InChI is InChI=1S/C16H25NO2/c1-13(8-9-15-6-4-3-5-7-15)12-16(19)17-11-10-14(2)18/h3-7,13-14,18H,8-12H2,1-2H3,(H,17,19). The Morgan fingerprint density at radius 2 is 1.89 bits per heavy atom. The SMILES string of the molecule is CC(O)CCNC(=O)CC(C)CCc1ccccc1. The van der Waals surface area contributed by atoms with Crippen LogP contribution in [0.1, 0.15) is 38.7 Å². The van der Waals surface area contributed by atoms with Crippen molar-refractivity contribution in [2.45, 2.75) is 45.6 Å². The Balaban J connectivity index is 2.16. The van der Waals surface area contributed by atoms with E-state index >= 15 is 0 Å². The van der Waals surface area contributed by atoms with E-state index in [4.69, 9.17) is 5.11 Å². The van der Waals surface area contributed by atoms with Gasteiger partial charge in [-0.3, -0.25) is 4.79 Å². The van der Waals surface area contributed by atoms with E-state index in [1.54, 1.807) is 6.92 Å². The lowest BCUT2D eigenvalue weighted by molar-refractivity contribution is -0.122. The van der Waals surface area contributed by atoms with Crippen LogP contribution in [0.25, 0.3) is 0 Å². The van der Waals surface area contributed by atoms with Crippen molar-refractivity contribution in [3.05, 3.63) is 35.9 Å². The Morgan fingerprint density at radius 3 is 2.53 bits per heavy atom. The molecule has 3 nitrogen and oxygen atoms in total. The Labute approximate surface area is 116 Å². The third kappa shape index (κ3) is 7.62. The summed E-state index contributed by atoms with van der Waals surface area (Å²) in [6.45, 7) is 4.40. The zero-order valence-electron chi connectivity index (χ0n) is 11.9. The number of carbonyl (C=O) groups is 1. The van der Waals surface area contributed by atoms with E-state index in [1.807, 2.05) is 18.2 Å². The normalized spacial score (nSPS) is 13.8. The molecule has 0 radical (unpaired) electrons. The van der Waals surface area contributed by atoms with Gasteiger partial charge in [-0.25, -0.2) is 0 Å². The lowest BCUT2D eigenvalue weighted by atomic mass is 9.98. The van der Waals surface area contributed by atoms with E-state index in [9.17, 15) is 4.79 Å². The molecule has 2 N–H and O–H groups in total. The molecule has 0 saturated carbocycles. The molecule has 0 aromatic heterocycles. The summed E-state index contributed by atoms with van der Waals surface area (Å²) >= 11 is 0. The second-order valence-corrected chi connectivity index (χ2v) is 5.32.